The van der Waals surface area contributed by atoms with E-state index in [9.17, 15) is 9.36 Å². The van der Waals surface area contributed by atoms with E-state index in [2.05, 4.69) is 14.9 Å². The number of anilines is 1. The molecule has 0 amide bonds. The predicted molar refractivity (Wildman–Crippen MR) is 131 cm³/mol. The number of benzene rings is 1. The van der Waals surface area contributed by atoms with Gasteiger partial charge in [0.1, 0.15) is 29.2 Å². The number of piperidine rings is 1. The Kier molecular flexibility index (Phi) is 9.68. The zero-order chi connectivity index (χ0) is 24.6. The van der Waals surface area contributed by atoms with Gasteiger partial charge in [-0.1, -0.05) is 6.07 Å². The van der Waals surface area contributed by atoms with E-state index in [0.717, 1.165) is 18.2 Å². The second-order valence-corrected chi connectivity index (χ2v) is 10.3. The van der Waals surface area contributed by atoms with E-state index in [0.29, 0.717) is 49.5 Å². The third-order valence-electron chi connectivity index (χ3n) is 6.02. The minimum absolute atomic E-state index is 0.00253. The standard InChI is InChI=1S/C24H36N3O6P/c1-5-31-21(28)15-8-11-18-12-10-16-27(24(18)34(29,32-6-2)33-7-3)23-19-13-9-14-20(30-4)22(19)25-17-26-23/h9,13-14,17-18,24H,5-8,10-12,15-16H2,1-4H3. The fraction of sp³-hybridized carbons (Fsp3) is 0.625. The maximum absolute atomic E-state index is 14.2. The van der Waals surface area contributed by atoms with Crippen LogP contribution in [0.5, 0.6) is 5.75 Å². The minimum Gasteiger partial charge on any atom is -0.494 e. The summed E-state index contributed by atoms with van der Waals surface area (Å²) in [6, 6.07) is 5.70. The van der Waals surface area contributed by atoms with Gasteiger partial charge in [0.2, 0.25) is 0 Å². The lowest BCUT2D eigenvalue weighted by Crippen LogP contribution is -2.46. The van der Waals surface area contributed by atoms with Gasteiger partial charge < -0.3 is 23.4 Å². The molecule has 1 fully saturated rings. The van der Waals surface area contributed by atoms with Gasteiger partial charge in [0.25, 0.3) is 0 Å². The van der Waals surface area contributed by atoms with Gasteiger partial charge in [-0.3, -0.25) is 9.36 Å². The Hall–Kier alpha value is -2.22. The molecule has 0 spiro atoms. The average Bonchev–Trinajstić information content (AvgIpc) is 2.83. The van der Waals surface area contributed by atoms with Crippen LogP contribution in [0.15, 0.2) is 24.5 Å². The van der Waals surface area contributed by atoms with E-state index in [1.807, 2.05) is 32.0 Å². The van der Waals surface area contributed by atoms with Crippen molar-refractivity contribution in [3.63, 3.8) is 0 Å². The third kappa shape index (κ3) is 5.88. The van der Waals surface area contributed by atoms with Crippen molar-refractivity contribution in [3.05, 3.63) is 24.5 Å². The van der Waals surface area contributed by atoms with Crippen LogP contribution in [0.2, 0.25) is 0 Å². The van der Waals surface area contributed by atoms with Crippen molar-refractivity contribution in [1.29, 1.82) is 0 Å². The molecule has 1 aromatic carbocycles. The van der Waals surface area contributed by atoms with Crippen molar-refractivity contribution in [1.82, 2.24) is 9.97 Å². The van der Waals surface area contributed by atoms with Crippen molar-refractivity contribution < 1.29 is 27.9 Å². The van der Waals surface area contributed by atoms with Gasteiger partial charge in [0, 0.05) is 18.4 Å². The molecule has 1 saturated heterocycles. The van der Waals surface area contributed by atoms with Crippen molar-refractivity contribution in [2.75, 3.05) is 38.4 Å². The summed E-state index contributed by atoms with van der Waals surface area (Å²) in [5, 5.41) is 0.818. The number of methoxy groups -OCH3 is 1. The molecule has 9 nitrogen and oxygen atoms in total. The van der Waals surface area contributed by atoms with Gasteiger partial charge >= 0.3 is 13.6 Å². The Morgan fingerprint density at radius 2 is 1.91 bits per heavy atom. The number of aromatic nitrogens is 2. The first-order valence-corrected chi connectivity index (χ1v) is 13.7. The summed E-state index contributed by atoms with van der Waals surface area (Å²) in [7, 11) is -1.92. The summed E-state index contributed by atoms with van der Waals surface area (Å²) in [5.41, 5.74) is 0.695. The fourth-order valence-electron chi connectivity index (χ4n) is 4.75. The van der Waals surface area contributed by atoms with Crippen LogP contribution in [-0.4, -0.2) is 55.2 Å². The predicted octanol–water partition coefficient (Wildman–Crippen LogP) is 5.18. The van der Waals surface area contributed by atoms with Gasteiger partial charge in [-0.25, -0.2) is 9.97 Å². The summed E-state index contributed by atoms with van der Waals surface area (Å²) >= 11 is 0. The van der Waals surface area contributed by atoms with Gasteiger partial charge in [0.05, 0.1) is 26.9 Å². The monoisotopic (exact) mass is 493 g/mol. The molecular formula is C24H36N3O6P. The van der Waals surface area contributed by atoms with Gasteiger partial charge in [-0.05, 0) is 64.5 Å². The first-order valence-electron chi connectivity index (χ1n) is 12.1. The molecule has 34 heavy (non-hydrogen) atoms. The van der Waals surface area contributed by atoms with E-state index in [4.69, 9.17) is 18.5 Å². The summed E-state index contributed by atoms with van der Waals surface area (Å²) in [6.07, 6.45) is 4.95. The maximum atomic E-state index is 14.2. The number of nitrogens with zero attached hydrogens (tertiary/aromatic N) is 3. The lowest BCUT2D eigenvalue weighted by atomic mass is 9.92. The fourth-order valence-corrected chi connectivity index (χ4v) is 7.23. The highest BCUT2D eigenvalue weighted by molar-refractivity contribution is 7.54. The van der Waals surface area contributed by atoms with Crippen LogP contribution < -0.4 is 9.64 Å². The molecule has 0 bridgehead atoms. The molecule has 2 atom stereocenters. The Bertz CT molecular complexity index is 994. The lowest BCUT2D eigenvalue weighted by Gasteiger charge is -2.44. The van der Waals surface area contributed by atoms with E-state index in [-0.39, 0.29) is 25.1 Å². The molecule has 10 heteroatoms. The highest BCUT2D eigenvalue weighted by Crippen LogP contribution is 2.60. The van der Waals surface area contributed by atoms with Gasteiger partial charge in [-0.2, -0.15) is 0 Å². The SMILES string of the molecule is CCOC(=O)CCCC1CCCN(c2ncnc3c(OC)cccc23)C1P(=O)(OCC)OCC. The van der Waals surface area contributed by atoms with Crippen molar-refractivity contribution in [2.24, 2.45) is 5.92 Å². The van der Waals surface area contributed by atoms with Gasteiger partial charge in [0.15, 0.2) is 0 Å². The number of fused-ring (bicyclic) bond motifs is 1. The number of esters is 1. The van der Waals surface area contributed by atoms with E-state index < -0.39 is 13.4 Å². The van der Waals surface area contributed by atoms with Crippen molar-refractivity contribution in [3.8, 4) is 5.75 Å². The molecule has 0 radical (unpaired) electrons. The van der Waals surface area contributed by atoms with E-state index in [1.54, 1.807) is 14.0 Å². The topological polar surface area (TPSA) is 100 Å². The average molecular weight is 494 g/mol. The van der Waals surface area contributed by atoms with Crippen molar-refractivity contribution in [2.45, 2.75) is 58.7 Å². The second-order valence-electron chi connectivity index (χ2n) is 8.14. The lowest BCUT2D eigenvalue weighted by molar-refractivity contribution is -0.143. The van der Waals surface area contributed by atoms with Crippen LogP contribution in [-0.2, 0) is 23.1 Å². The first-order chi connectivity index (χ1) is 16.5. The number of para-hydroxylation sites is 1. The molecule has 0 saturated carbocycles. The Morgan fingerprint density at radius 3 is 2.59 bits per heavy atom. The number of carbonyl (C=O) groups excluding carboxylic acids is 1. The molecule has 3 rings (SSSR count). The number of rotatable bonds is 12. The first kappa shape index (κ1) is 26.4. The Morgan fingerprint density at radius 1 is 1.15 bits per heavy atom. The van der Waals surface area contributed by atoms with Crippen LogP contribution in [0.3, 0.4) is 0 Å². The molecular weight excluding hydrogens is 457 g/mol. The van der Waals surface area contributed by atoms with Crippen LogP contribution in [0.4, 0.5) is 5.82 Å². The van der Waals surface area contributed by atoms with E-state index >= 15 is 0 Å². The normalized spacial score (nSPS) is 18.8. The molecule has 0 N–H and O–H groups in total. The highest BCUT2D eigenvalue weighted by atomic mass is 31.2. The maximum Gasteiger partial charge on any atom is 0.353 e. The van der Waals surface area contributed by atoms with Crippen LogP contribution in [0.1, 0.15) is 52.9 Å². The quantitative estimate of drug-likeness (QED) is 0.292. The molecule has 2 unspecified atom stereocenters. The third-order valence-corrected chi connectivity index (χ3v) is 8.60. The molecule has 188 valence electrons. The van der Waals surface area contributed by atoms with Crippen LogP contribution in [0, 0.1) is 5.92 Å². The summed E-state index contributed by atoms with van der Waals surface area (Å²) in [6.45, 7) is 7.01. The molecule has 1 aliphatic heterocycles. The van der Waals surface area contributed by atoms with Crippen molar-refractivity contribution >= 4 is 30.3 Å². The zero-order valence-electron chi connectivity index (χ0n) is 20.6. The van der Waals surface area contributed by atoms with Gasteiger partial charge in [-0.15, -0.1) is 0 Å². The number of ether oxygens (including phenoxy) is 2. The Labute approximate surface area is 201 Å². The number of carbonyl (C=O) groups is 1. The molecule has 2 aromatic rings. The second kappa shape index (κ2) is 12.5. The summed E-state index contributed by atoms with van der Waals surface area (Å²) in [4.78, 5) is 23.0. The molecule has 0 aliphatic carbocycles. The Balaban J connectivity index is 2.02. The minimum atomic E-state index is -3.53. The summed E-state index contributed by atoms with van der Waals surface area (Å²) in [5.74, 6) is 0.607. The largest absolute Gasteiger partial charge is 0.494 e. The molecule has 1 aromatic heterocycles. The van der Waals surface area contributed by atoms with Crippen LogP contribution in [0.25, 0.3) is 10.9 Å². The zero-order valence-corrected chi connectivity index (χ0v) is 21.5. The summed E-state index contributed by atoms with van der Waals surface area (Å²) < 4.78 is 36.4. The van der Waals surface area contributed by atoms with Crippen LogP contribution >= 0.6 is 7.60 Å². The number of hydrogen-bond donors (Lipinski definition) is 0. The molecule has 2 heterocycles. The highest BCUT2D eigenvalue weighted by Gasteiger charge is 2.47. The van der Waals surface area contributed by atoms with E-state index in [1.165, 1.54) is 6.33 Å². The smallest absolute Gasteiger partial charge is 0.353 e. The number of hydrogen-bond acceptors (Lipinski definition) is 9. The molecule has 1 aliphatic rings.